The van der Waals surface area contributed by atoms with E-state index >= 15 is 0 Å². The van der Waals surface area contributed by atoms with Gasteiger partial charge in [-0.15, -0.1) is 0 Å². The lowest BCUT2D eigenvalue weighted by Gasteiger charge is -2.37. The summed E-state index contributed by atoms with van der Waals surface area (Å²) in [5, 5.41) is 6.45. The zero-order chi connectivity index (χ0) is 42.7. The molecule has 0 saturated carbocycles. The molecule has 0 heterocycles. The number of hydrogen-bond acceptors (Lipinski definition) is 2. The average molecular weight is 821 g/mol. The maximum Gasteiger partial charge on any atom is 0.219 e. The van der Waals surface area contributed by atoms with E-state index in [0.29, 0.717) is 12.8 Å². The molecule has 0 atom stereocenters. The molecule has 0 aliphatic carbocycles. The summed E-state index contributed by atoms with van der Waals surface area (Å²) in [6.45, 7) is 25.4. The first-order chi connectivity index (χ1) is 28.4. The van der Waals surface area contributed by atoms with Gasteiger partial charge in [-0.25, -0.2) is 0 Å². The van der Waals surface area contributed by atoms with Crippen molar-refractivity contribution in [3.8, 4) is 0 Å². The summed E-state index contributed by atoms with van der Waals surface area (Å²) in [6.07, 6.45) is 43.7. The molecule has 0 aromatic heterocycles. The van der Waals surface area contributed by atoms with Crippen molar-refractivity contribution in [2.75, 3.05) is 65.4 Å². The van der Waals surface area contributed by atoms with Crippen LogP contribution in [0, 0.1) is 0 Å². The van der Waals surface area contributed by atoms with E-state index in [1.807, 2.05) is 0 Å². The Morgan fingerprint density at radius 2 is 0.517 bits per heavy atom. The number of carbonyl (C=O) groups excluding carboxylic acids is 2. The van der Waals surface area contributed by atoms with Gasteiger partial charge in [0.15, 0.2) is 0 Å². The Kier molecular flexibility index (Phi) is 41.7. The largest absolute Gasteiger partial charge is 0.356 e. The predicted molar refractivity (Wildman–Crippen MR) is 256 cm³/mol. The minimum Gasteiger partial charge on any atom is -0.356 e. The van der Waals surface area contributed by atoms with Crippen LogP contribution in [0.1, 0.15) is 260 Å². The third-order valence-electron chi connectivity index (χ3n) is 14.0. The van der Waals surface area contributed by atoms with Crippen LogP contribution in [0.5, 0.6) is 0 Å². The highest BCUT2D eigenvalue weighted by Crippen LogP contribution is 2.17. The summed E-state index contributed by atoms with van der Waals surface area (Å²) in [5.74, 6) is 0.524. The zero-order valence-corrected chi connectivity index (χ0v) is 40.8. The van der Waals surface area contributed by atoms with Gasteiger partial charge < -0.3 is 19.6 Å². The van der Waals surface area contributed by atoms with Crippen molar-refractivity contribution < 1.29 is 18.6 Å². The van der Waals surface area contributed by atoms with E-state index in [-0.39, 0.29) is 11.8 Å². The normalized spacial score (nSPS) is 12.0. The van der Waals surface area contributed by atoms with Gasteiger partial charge in [-0.1, -0.05) is 168 Å². The third-order valence-corrected chi connectivity index (χ3v) is 14.0. The van der Waals surface area contributed by atoms with E-state index in [1.54, 1.807) is 0 Å². The minimum atomic E-state index is 0.262. The molecule has 2 N–H and O–H groups in total. The van der Waals surface area contributed by atoms with Gasteiger partial charge >= 0.3 is 0 Å². The van der Waals surface area contributed by atoms with Crippen LogP contribution in [0.2, 0.25) is 0 Å². The molecular formula is C52H108N4O2+2. The monoisotopic (exact) mass is 821 g/mol. The van der Waals surface area contributed by atoms with Crippen LogP contribution in [0.4, 0.5) is 0 Å². The van der Waals surface area contributed by atoms with Crippen molar-refractivity contribution in [1.82, 2.24) is 10.6 Å². The van der Waals surface area contributed by atoms with Gasteiger partial charge in [-0.2, -0.15) is 0 Å². The Bertz CT molecular complexity index is 801. The smallest absolute Gasteiger partial charge is 0.219 e. The number of carbonyl (C=O) groups is 2. The van der Waals surface area contributed by atoms with Crippen LogP contribution in [-0.4, -0.2) is 86.2 Å². The van der Waals surface area contributed by atoms with Gasteiger partial charge in [0.1, 0.15) is 0 Å². The van der Waals surface area contributed by atoms with E-state index < -0.39 is 0 Å². The second-order valence-electron chi connectivity index (χ2n) is 18.6. The molecule has 0 aliphatic heterocycles. The van der Waals surface area contributed by atoms with E-state index in [1.165, 1.54) is 241 Å². The van der Waals surface area contributed by atoms with E-state index in [4.69, 9.17) is 0 Å². The molecule has 2 amide bonds. The van der Waals surface area contributed by atoms with Crippen LogP contribution in [0.25, 0.3) is 0 Å². The molecule has 58 heavy (non-hydrogen) atoms. The van der Waals surface area contributed by atoms with Crippen molar-refractivity contribution in [3.05, 3.63) is 0 Å². The molecule has 0 spiro atoms. The summed E-state index contributed by atoms with van der Waals surface area (Å²) >= 11 is 0. The van der Waals surface area contributed by atoms with Crippen molar-refractivity contribution in [2.45, 2.75) is 260 Å². The Morgan fingerprint density at radius 3 is 0.776 bits per heavy atom. The molecule has 6 heteroatoms. The minimum absolute atomic E-state index is 0.262. The second kappa shape index (κ2) is 42.5. The molecular weight excluding hydrogens is 713 g/mol. The Morgan fingerprint density at radius 1 is 0.293 bits per heavy atom. The molecule has 0 aromatic carbocycles. The number of unbranched alkanes of at least 4 members (excludes halogenated alkanes) is 27. The van der Waals surface area contributed by atoms with E-state index in [9.17, 15) is 9.59 Å². The summed E-state index contributed by atoms with van der Waals surface area (Å²) in [7, 11) is 0. The van der Waals surface area contributed by atoms with Crippen molar-refractivity contribution >= 4 is 11.8 Å². The summed E-state index contributed by atoms with van der Waals surface area (Å²) in [6, 6.07) is 0. The van der Waals surface area contributed by atoms with Crippen LogP contribution < -0.4 is 10.6 Å². The van der Waals surface area contributed by atoms with Crippen LogP contribution in [0.3, 0.4) is 0 Å². The standard InChI is InChI=1S/C52H106N4O2/c1-7-13-15-17-19-21-23-25-29-33-37-43-51(57)53-45-41-49-55(9-3,10-4)47-39-35-31-27-28-32-36-40-48-56(11-5,12-6)50-42-46-54-52(58)44-38-34-30-26-24-22-20-18-16-14-8-2/h7-50H2,1-6H3/p+2. The molecule has 0 aliphatic rings. The summed E-state index contributed by atoms with van der Waals surface area (Å²) in [5.41, 5.74) is 0. The lowest BCUT2D eigenvalue weighted by atomic mass is 10.1. The van der Waals surface area contributed by atoms with Crippen LogP contribution >= 0.6 is 0 Å². The molecule has 0 fully saturated rings. The van der Waals surface area contributed by atoms with Gasteiger partial charge in [0.2, 0.25) is 11.8 Å². The number of quaternary nitrogens is 2. The molecule has 0 rings (SSSR count). The quantitative estimate of drug-likeness (QED) is 0.0475. The highest BCUT2D eigenvalue weighted by Gasteiger charge is 2.23. The van der Waals surface area contributed by atoms with Crippen molar-refractivity contribution in [3.63, 3.8) is 0 Å². The fourth-order valence-corrected chi connectivity index (χ4v) is 9.25. The highest BCUT2D eigenvalue weighted by molar-refractivity contribution is 5.76. The SMILES string of the molecule is CCCCCCCCCCCCCC(=O)NCCC[N+](CC)(CC)CCCCCCCCCC[N+](CC)(CC)CCCNC(=O)CCCCCCCCCCCCC. The maximum absolute atomic E-state index is 12.4. The Hall–Kier alpha value is -1.14. The Balaban J connectivity index is 3.90. The van der Waals surface area contributed by atoms with Gasteiger partial charge in [-0.3, -0.25) is 9.59 Å². The van der Waals surface area contributed by atoms with E-state index in [0.717, 1.165) is 38.8 Å². The summed E-state index contributed by atoms with van der Waals surface area (Å²) < 4.78 is 2.41. The topological polar surface area (TPSA) is 58.2 Å². The van der Waals surface area contributed by atoms with Gasteiger partial charge in [-0.05, 0) is 66.2 Å². The zero-order valence-electron chi connectivity index (χ0n) is 40.8. The van der Waals surface area contributed by atoms with Gasteiger partial charge in [0.25, 0.3) is 0 Å². The van der Waals surface area contributed by atoms with Crippen molar-refractivity contribution in [2.24, 2.45) is 0 Å². The van der Waals surface area contributed by atoms with Crippen molar-refractivity contribution in [1.29, 1.82) is 0 Å². The molecule has 6 nitrogen and oxygen atoms in total. The van der Waals surface area contributed by atoms with E-state index in [2.05, 4.69) is 52.2 Å². The highest BCUT2D eigenvalue weighted by atomic mass is 16.2. The number of hydrogen-bond donors (Lipinski definition) is 2. The summed E-state index contributed by atoms with van der Waals surface area (Å²) in [4.78, 5) is 24.8. The molecule has 0 unspecified atom stereocenters. The molecule has 0 bridgehead atoms. The molecule has 0 saturated heterocycles. The number of rotatable bonds is 47. The fourth-order valence-electron chi connectivity index (χ4n) is 9.25. The molecule has 0 aromatic rings. The number of amides is 2. The number of nitrogens with zero attached hydrogens (tertiary/aromatic N) is 2. The Labute approximate surface area is 365 Å². The first-order valence-corrected chi connectivity index (χ1v) is 26.6. The maximum atomic E-state index is 12.4. The third kappa shape index (κ3) is 34.6. The van der Waals surface area contributed by atoms with Gasteiger partial charge in [0, 0.05) is 38.8 Å². The van der Waals surface area contributed by atoms with Gasteiger partial charge in [0.05, 0.1) is 52.4 Å². The molecule has 346 valence electrons. The lowest BCUT2D eigenvalue weighted by molar-refractivity contribution is -0.925. The van der Waals surface area contributed by atoms with Crippen LogP contribution in [-0.2, 0) is 9.59 Å². The second-order valence-corrected chi connectivity index (χ2v) is 18.6. The number of nitrogens with one attached hydrogen (secondary N) is 2. The average Bonchev–Trinajstić information content (AvgIpc) is 3.24. The van der Waals surface area contributed by atoms with Crippen LogP contribution in [0.15, 0.2) is 0 Å². The fraction of sp³-hybridized carbons (Fsp3) is 0.962. The first kappa shape index (κ1) is 56.9. The predicted octanol–water partition coefficient (Wildman–Crippen LogP) is 14.2. The lowest BCUT2D eigenvalue weighted by Crippen LogP contribution is -2.49. The first-order valence-electron chi connectivity index (χ1n) is 26.6. The molecule has 0 radical (unpaired) electrons.